The van der Waals surface area contributed by atoms with E-state index in [-0.39, 0.29) is 6.09 Å². The predicted molar refractivity (Wildman–Crippen MR) is 74.7 cm³/mol. The minimum absolute atomic E-state index is 0.378. The highest BCUT2D eigenvalue weighted by atomic mass is 16.6. The second-order valence-corrected chi connectivity index (χ2v) is 6.14. The summed E-state index contributed by atoms with van der Waals surface area (Å²) in [6.45, 7) is 6.14. The highest BCUT2D eigenvalue weighted by molar-refractivity contribution is 5.69. The number of carbonyl (C=O) groups excluding carboxylic acids is 1. The molecule has 1 aliphatic rings. The van der Waals surface area contributed by atoms with Gasteiger partial charge in [-0.15, -0.1) is 0 Å². The third kappa shape index (κ3) is 3.07. The van der Waals surface area contributed by atoms with Crippen LogP contribution in [-0.2, 0) is 10.4 Å². The minimum Gasteiger partial charge on any atom is -0.444 e. The molecule has 0 radical (unpaired) electrons. The van der Waals surface area contributed by atoms with Crippen LogP contribution < -0.4 is 5.73 Å². The lowest BCUT2D eigenvalue weighted by molar-refractivity contribution is -0.0162. The number of amides is 1. The summed E-state index contributed by atoms with van der Waals surface area (Å²) in [7, 11) is 0. The van der Waals surface area contributed by atoms with Crippen LogP contribution >= 0.6 is 0 Å². The van der Waals surface area contributed by atoms with E-state index in [4.69, 9.17) is 10.5 Å². The van der Waals surface area contributed by atoms with Crippen molar-refractivity contribution in [3.05, 3.63) is 24.0 Å². The van der Waals surface area contributed by atoms with Crippen LogP contribution in [0.4, 0.5) is 4.79 Å². The Morgan fingerprint density at radius 3 is 2.75 bits per heavy atom. The van der Waals surface area contributed by atoms with E-state index in [1.807, 2.05) is 20.8 Å². The summed E-state index contributed by atoms with van der Waals surface area (Å²) in [5.41, 5.74) is 5.89. The van der Waals surface area contributed by atoms with Gasteiger partial charge in [0.1, 0.15) is 11.3 Å². The molecule has 1 fully saturated rings. The average Bonchev–Trinajstić information content (AvgIpc) is 2.38. The topological polar surface area (TPSA) is 81.3 Å². The number of rotatable bonds is 1. The summed E-state index contributed by atoms with van der Waals surface area (Å²) < 4.78 is 5.47. The minimum atomic E-state index is -0.865. The van der Waals surface area contributed by atoms with Crippen LogP contribution in [0, 0.1) is 0 Å². The Balaban J connectivity index is 2.27. The number of carbonyl (C=O) groups is 1. The quantitative estimate of drug-likeness (QED) is 0.849. The molecule has 1 unspecified atom stereocenters. The van der Waals surface area contributed by atoms with E-state index < -0.39 is 11.3 Å². The van der Waals surface area contributed by atoms with Crippen molar-refractivity contribution < 1.29 is 9.53 Å². The number of hydrogen-bond donors (Lipinski definition) is 1. The van der Waals surface area contributed by atoms with Gasteiger partial charge in [-0.25, -0.2) is 4.79 Å². The van der Waals surface area contributed by atoms with E-state index in [2.05, 4.69) is 10.2 Å². The van der Waals surface area contributed by atoms with Crippen molar-refractivity contribution in [1.29, 1.82) is 0 Å². The molecular formula is C14H22N4O2. The van der Waals surface area contributed by atoms with Gasteiger partial charge < -0.3 is 10.5 Å². The molecule has 20 heavy (non-hydrogen) atoms. The summed E-state index contributed by atoms with van der Waals surface area (Å²) in [6, 6.07) is 1.80. The molecule has 6 nitrogen and oxygen atoms in total. The number of aromatic nitrogens is 2. The fourth-order valence-electron chi connectivity index (χ4n) is 2.42. The SMILES string of the molecule is CC(C)(C)OC(=O)N1CCCCC1(N)c1ccnnc1. The fraction of sp³-hybridized carbons (Fsp3) is 0.643. The molecule has 1 saturated heterocycles. The first-order chi connectivity index (χ1) is 9.33. The smallest absolute Gasteiger partial charge is 0.412 e. The second-order valence-electron chi connectivity index (χ2n) is 6.14. The highest BCUT2D eigenvalue weighted by Crippen LogP contribution is 2.33. The van der Waals surface area contributed by atoms with Crippen molar-refractivity contribution in [2.75, 3.05) is 6.54 Å². The Morgan fingerprint density at radius 2 is 2.15 bits per heavy atom. The normalized spacial score (nSPS) is 23.5. The summed E-state index contributed by atoms with van der Waals surface area (Å²) in [5, 5.41) is 7.63. The molecular weight excluding hydrogens is 256 g/mol. The zero-order valence-electron chi connectivity index (χ0n) is 12.3. The molecule has 0 aliphatic carbocycles. The van der Waals surface area contributed by atoms with Gasteiger partial charge in [0.15, 0.2) is 0 Å². The molecule has 1 aromatic heterocycles. The second kappa shape index (κ2) is 5.36. The van der Waals surface area contributed by atoms with Crippen molar-refractivity contribution in [2.24, 2.45) is 5.73 Å². The molecule has 2 rings (SSSR count). The molecule has 2 heterocycles. The van der Waals surface area contributed by atoms with Crippen molar-refractivity contribution in [3.8, 4) is 0 Å². The van der Waals surface area contributed by atoms with Gasteiger partial charge in [0.2, 0.25) is 0 Å². The first kappa shape index (κ1) is 14.7. The molecule has 1 aliphatic heterocycles. The molecule has 1 atom stereocenters. The fourth-order valence-corrected chi connectivity index (χ4v) is 2.42. The Bertz CT molecular complexity index is 472. The van der Waals surface area contributed by atoms with Crippen LogP contribution in [0.5, 0.6) is 0 Å². The molecule has 0 aromatic carbocycles. The van der Waals surface area contributed by atoms with Crippen molar-refractivity contribution in [1.82, 2.24) is 15.1 Å². The third-order valence-corrected chi connectivity index (χ3v) is 3.37. The Morgan fingerprint density at radius 1 is 1.40 bits per heavy atom. The largest absolute Gasteiger partial charge is 0.444 e. The predicted octanol–water partition coefficient (Wildman–Crippen LogP) is 2.01. The van der Waals surface area contributed by atoms with Crippen molar-refractivity contribution in [3.63, 3.8) is 0 Å². The van der Waals surface area contributed by atoms with Gasteiger partial charge in [0.25, 0.3) is 0 Å². The van der Waals surface area contributed by atoms with Gasteiger partial charge in [-0.1, -0.05) is 0 Å². The number of nitrogens with two attached hydrogens (primary N) is 1. The maximum atomic E-state index is 12.4. The molecule has 0 bridgehead atoms. The highest BCUT2D eigenvalue weighted by Gasteiger charge is 2.41. The first-order valence-corrected chi connectivity index (χ1v) is 6.90. The van der Waals surface area contributed by atoms with Gasteiger partial charge in [-0.2, -0.15) is 10.2 Å². The van der Waals surface area contributed by atoms with Gasteiger partial charge in [0, 0.05) is 18.3 Å². The number of likely N-dealkylation sites (tertiary alicyclic amines) is 1. The summed E-state index contributed by atoms with van der Waals surface area (Å²) in [6.07, 6.45) is 5.41. The molecule has 0 spiro atoms. The zero-order valence-corrected chi connectivity index (χ0v) is 12.3. The van der Waals surface area contributed by atoms with E-state index in [1.54, 1.807) is 23.4 Å². The lowest BCUT2D eigenvalue weighted by atomic mass is 9.90. The van der Waals surface area contributed by atoms with Crippen molar-refractivity contribution >= 4 is 6.09 Å². The Labute approximate surface area is 119 Å². The molecule has 6 heteroatoms. The molecule has 1 amide bonds. The van der Waals surface area contributed by atoms with Gasteiger partial charge in [-0.05, 0) is 46.1 Å². The maximum absolute atomic E-state index is 12.4. The zero-order chi connectivity index (χ0) is 14.8. The standard InChI is InChI=1S/C14H22N4O2/c1-13(2,3)20-12(19)18-9-5-4-7-14(18,15)11-6-8-16-17-10-11/h6,8,10H,4-5,7,9,15H2,1-3H3. The third-order valence-electron chi connectivity index (χ3n) is 3.37. The van der Waals surface area contributed by atoms with E-state index in [0.717, 1.165) is 18.4 Å². The van der Waals surface area contributed by atoms with E-state index in [1.165, 1.54) is 0 Å². The van der Waals surface area contributed by atoms with E-state index in [0.29, 0.717) is 13.0 Å². The number of piperidine rings is 1. The number of ether oxygens (including phenoxy) is 1. The molecule has 1 aromatic rings. The first-order valence-electron chi connectivity index (χ1n) is 6.90. The van der Waals surface area contributed by atoms with E-state index in [9.17, 15) is 4.79 Å². The van der Waals surface area contributed by atoms with E-state index >= 15 is 0 Å². The van der Waals surface area contributed by atoms with Crippen LogP contribution in [0.2, 0.25) is 0 Å². The monoisotopic (exact) mass is 278 g/mol. The molecule has 0 saturated carbocycles. The lowest BCUT2D eigenvalue weighted by Gasteiger charge is -2.44. The van der Waals surface area contributed by atoms with Crippen LogP contribution in [0.1, 0.15) is 45.6 Å². The van der Waals surface area contributed by atoms with Crippen molar-refractivity contribution in [2.45, 2.75) is 51.3 Å². The van der Waals surface area contributed by atoms with Gasteiger partial charge >= 0.3 is 6.09 Å². The van der Waals surface area contributed by atoms with Crippen LogP contribution in [0.25, 0.3) is 0 Å². The van der Waals surface area contributed by atoms with Crippen LogP contribution in [-0.4, -0.2) is 33.3 Å². The lowest BCUT2D eigenvalue weighted by Crippen LogP contribution is -2.59. The molecule has 2 N–H and O–H groups in total. The molecule has 110 valence electrons. The maximum Gasteiger partial charge on any atom is 0.412 e. The van der Waals surface area contributed by atoms with Gasteiger partial charge in [-0.3, -0.25) is 4.90 Å². The summed E-state index contributed by atoms with van der Waals surface area (Å²) in [5.74, 6) is 0. The average molecular weight is 278 g/mol. The summed E-state index contributed by atoms with van der Waals surface area (Å²) >= 11 is 0. The van der Waals surface area contributed by atoms with Gasteiger partial charge in [0.05, 0.1) is 6.20 Å². The number of hydrogen-bond acceptors (Lipinski definition) is 5. The van der Waals surface area contributed by atoms with Crippen LogP contribution in [0.3, 0.4) is 0 Å². The Kier molecular flexibility index (Phi) is 3.94. The number of nitrogens with zero attached hydrogens (tertiary/aromatic N) is 3. The van der Waals surface area contributed by atoms with Crippen LogP contribution in [0.15, 0.2) is 18.5 Å². The Hall–Kier alpha value is -1.69. The summed E-state index contributed by atoms with van der Waals surface area (Å²) in [4.78, 5) is 14.0.